The molecule has 0 amide bonds. The van der Waals surface area contributed by atoms with Gasteiger partial charge in [-0.15, -0.1) is 0 Å². The number of halogens is 1. The van der Waals surface area contributed by atoms with Gasteiger partial charge in [-0.1, -0.05) is 22.0 Å². The largest absolute Gasteiger partial charge is 0.478 e. The van der Waals surface area contributed by atoms with Crippen molar-refractivity contribution in [2.45, 2.75) is 19.8 Å². The minimum Gasteiger partial charge on any atom is -0.478 e. The van der Waals surface area contributed by atoms with Crippen LogP contribution in [0.15, 0.2) is 33.5 Å². The Morgan fingerprint density at radius 3 is 2.86 bits per heavy atom. The van der Waals surface area contributed by atoms with Crippen LogP contribution in [0, 0.1) is 0 Å². The number of carboxylic acids is 1. The van der Waals surface area contributed by atoms with E-state index in [-0.39, 0.29) is 5.57 Å². The van der Waals surface area contributed by atoms with E-state index in [9.17, 15) is 4.79 Å². The van der Waals surface area contributed by atoms with E-state index in [1.54, 1.807) is 6.08 Å². The first-order chi connectivity index (χ1) is 6.52. The number of carboxylic acid groups (broad SMARTS) is 1. The van der Waals surface area contributed by atoms with E-state index in [1.807, 2.05) is 13.0 Å². The molecule has 0 spiro atoms. The molecule has 4 heteroatoms. The van der Waals surface area contributed by atoms with Crippen LogP contribution in [0.3, 0.4) is 0 Å². The van der Waals surface area contributed by atoms with Gasteiger partial charge in [-0.3, -0.25) is 0 Å². The van der Waals surface area contributed by atoms with Crippen LogP contribution in [0.5, 0.6) is 0 Å². The van der Waals surface area contributed by atoms with Crippen molar-refractivity contribution in [3.05, 3.63) is 33.5 Å². The summed E-state index contributed by atoms with van der Waals surface area (Å²) in [7, 11) is 0. The summed E-state index contributed by atoms with van der Waals surface area (Å²) < 4.78 is 0.769. The fourth-order valence-electron chi connectivity index (χ4n) is 1.24. The van der Waals surface area contributed by atoms with Crippen molar-refractivity contribution < 1.29 is 9.90 Å². The molecule has 14 heavy (non-hydrogen) atoms. The molecule has 3 N–H and O–H groups in total. The molecular formula is C10H12BrNO2. The monoisotopic (exact) mass is 257 g/mol. The van der Waals surface area contributed by atoms with Gasteiger partial charge in [0.2, 0.25) is 0 Å². The first-order valence-corrected chi connectivity index (χ1v) is 5.08. The van der Waals surface area contributed by atoms with E-state index in [4.69, 9.17) is 10.8 Å². The SMILES string of the molecule is C\C1=C(N)/C(C(=O)O)=C\C(Br)=C/CC1. The van der Waals surface area contributed by atoms with Crippen molar-refractivity contribution in [2.24, 2.45) is 5.73 Å². The highest BCUT2D eigenvalue weighted by atomic mass is 79.9. The van der Waals surface area contributed by atoms with Crippen molar-refractivity contribution in [3.8, 4) is 0 Å². The van der Waals surface area contributed by atoms with Crippen LogP contribution < -0.4 is 5.73 Å². The summed E-state index contributed by atoms with van der Waals surface area (Å²) in [5.74, 6) is -0.992. The third kappa shape index (κ3) is 2.48. The summed E-state index contributed by atoms with van der Waals surface area (Å²) in [6.07, 6.45) is 5.15. The minimum absolute atomic E-state index is 0.158. The third-order valence-corrected chi connectivity index (χ3v) is 2.67. The lowest BCUT2D eigenvalue weighted by atomic mass is 10.0. The van der Waals surface area contributed by atoms with Gasteiger partial charge < -0.3 is 10.8 Å². The van der Waals surface area contributed by atoms with E-state index in [2.05, 4.69) is 15.9 Å². The second-order valence-electron chi connectivity index (χ2n) is 3.18. The Balaban J connectivity index is 3.21. The Labute approximate surface area is 91.1 Å². The molecular weight excluding hydrogens is 246 g/mol. The van der Waals surface area contributed by atoms with E-state index in [1.165, 1.54) is 0 Å². The van der Waals surface area contributed by atoms with Crippen LogP contribution in [0.2, 0.25) is 0 Å². The Hall–Kier alpha value is -1.03. The standard InChI is InChI=1S/C10H12BrNO2/c1-6-3-2-4-7(11)5-8(9(6)12)10(13)14/h4-5H,2-3,12H2,1H3,(H,13,14)/b7-4+,8-5+,9-6-. The lowest BCUT2D eigenvalue weighted by Crippen LogP contribution is -2.13. The van der Waals surface area contributed by atoms with Gasteiger partial charge in [-0.05, 0) is 31.4 Å². The summed E-state index contributed by atoms with van der Waals surface area (Å²) in [4.78, 5) is 10.9. The number of aliphatic carboxylic acids is 1. The number of hydrogen-bond acceptors (Lipinski definition) is 2. The minimum atomic E-state index is -0.992. The van der Waals surface area contributed by atoms with Gasteiger partial charge in [0.1, 0.15) is 0 Å². The summed E-state index contributed by atoms with van der Waals surface area (Å²) in [5.41, 5.74) is 7.20. The van der Waals surface area contributed by atoms with Crippen molar-refractivity contribution in [1.29, 1.82) is 0 Å². The second-order valence-corrected chi connectivity index (χ2v) is 4.10. The average molecular weight is 258 g/mol. The van der Waals surface area contributed by atoms with Gasteiger partial charge in [0, 0.05) is 10.2 Å². The van der Waals surface area contributed by atoms with Gasteiger partial charge >= 0.3 is 5.97 Å². The first kappa shape index (κ1) is 11.0. The van der Waals surface area contributed by atoms with Crippen LogP contribution in [-0.4, -0.2) is 11.1 Å². The summed E-state index contributed by atoms with van der Waals surface area (Å²) >= 11 is 3.27. The van der Waals surface area contributed by atoms with E-state index in [0.29, 0.717) is 5.70 Å². The molecule has 76 valence electrons. The highest BCUT2D eigenvalue weighted by Gasteiger charge is 2.14. The zero-order valence-corrected chi connectivity index (χ0v) is 9.47. The molecule has 0 heterocycles. The van der Waals surface area contributed by atoms with Gasteiger partial charge in [-0.25, -0.2) is 4.79 Å². The van der Waals surface area contributed by atoms with E-state index in [0.717, 1.165) is 22.9 Å². The van der Waals surface area contributed by atoms with Gasteiger partial charge in [0.05, 0.1) is 5.57 Å². The second kappa shape index (κ2) is 4.46. The number of allylic oxidation sites excluding steroid dienone is 4. The molecule has 0 unspecified atom stereocenters. The maximum absolute atomic E-state index is 10.9. The van der Waals surface area contributed by atoms with Gasteiger partial charge in [0.25, 0.3) is 0 Å². The predicted molar refractivity (Wildman–Crippen MR) is 58.9 cm³/mol. The average Bonchev–Trinajstić information content (AvgIpc) is 2.10. The number of carbonyl (C=O) groups is 1. The van der Waals surface area contributed by atoms with Crippen LogP contribution >= 0.6 is 15.9 Å². The molecule has 1 rings (SSSR count). The first-order valence-electron chi connectivity index (χ1n) is 4.28. The maximum atomic E-state index is 10.9. The van der Waals surface area contributed by atoms with E-state index < -0.39 is 5.97 Å². The molecule has 1 aliphatic carbocycles. The zero-order valence-electron chi connectivity index (χ0n) is 7.88. The fourth-order valence-corrected chi connectivity index (χ4v) is 1.70. The molecule has 0 saturated carbocycles. The molecule has 1 aliphatic rings. The maximum Gasteiger partial charge on any atom is 0.337 e. The molecule has 0 aliphatic heterocycles. The van der Waals surface area contributed by atoms with Gasteiger partial charge in [-0.2, -0.15) is 0 Å². The quantitative estimate of drug-likeness (QED) is 0.758. The Kier molecular flexibility index (Phi) is 3.52. The van der Waals surface area contributed by atoms with Crippen LogP contribution in [0.4, 0.5) is 0 Å². The van der Waals surface area contributed by atoms with Crippen LogP contribution in [0.25, 0.3) is 0 Å². The molecule has 0 aromatic heterocycles. The van der Waals surface area contributed by atoms with E-state index >= 15 is 0 Å². The number of hydrogen-bond donors (Lipinski definition) is 2. The Bertz CT molecular complexity index is 353. The lowest BCUT2D eigenvalue weighted by molar-refractivity contribution is -0.132. The molecule has 0 radical (unpaired) electrons. The Morgan fingerprint density at radius 1 is 1.64 bits per heavy atom. The summed E-state index contributed by atoms with van der Waals surface area (Å²) in [5, 5.41) is 8.93. The normalized spacial score (nSPS) is 30.7. The smallest absolute Gasteiger partial charge is 0.337 e. The molecule has 0 aromatic rings. The number of rotatable bonds is 1. The highest BCUT2D eigenvalue weighted by molar-refractivity contribution is 9.11. The molecule has 0 aromatic carbocycles. The molecule has 0 fully saturated rings. The van der Waals surface area contributed by atoms with Crippen molar-refractivity contribution in [2.75, 3.05) is 0 Å². The third-order valence-electron chi connectivity index (χ3n) is 2.12. The Morgan fingerprint density at radius 2 is 2.29 bits per heavy atom. The number of nitrogens with two attached hydrogens (primary N) is 1. The predicted octanol–water partition coefficient (Wildman–Crippen LogP) is 2.30. The molecule has 3 nitrogen and oxygen atoms in total. The van der Waals surface area contributed by atoms with Crippen molar-refractivity contribution in [1.82, 2.24) is 0 Å². The highest BCUT2D eigenvalue weighted by Crippen LogP contribution is 2.22. The summed E-state index contributed by atoms with van der Waals surface area (Å²) in [6, 6.07) is 0. The van der Waals surface area contributed by atoms with Crippen LogP contribution in [0.1, 0.15) is 19.8 Å². The molecule has 0 bridgehead atoms. The zero-order chi connectivity index (χ0) is 10.7. The topological polar surface area (TPSA) is 63.3 Å². The van der Waals surface area contributed by atoms with Crippen molar-refractivity contribution in [3.63, 3.8) is 0 Å². The van der Waals surface area contributed by atoms with Crippen LogP contribution in [-0.2, 0) is 4.79 Å². The fraction of sp³-hybridized carbons (Fsp3) is 0.300. The van der Waals surface area contributed by atoms with Gasteiger partial charge in [0.15, 0.2) is 0 Å². The van der Waals surface area contributed by atoms with Crippen molar-refractivity contribution >= 4 is 21.9 Å². The molecule has 0 saturated heterocycles. The lowest BCUT2D eigenvalue weighted by Gasteiger charge is -2.10. The summed E-state index contributed by atoms with van der Waals surface area (Å²) in [6.45, 7) is 1.86. The molecule has 0 atom stereocenters.